The second-order valence-electron chi connectivity index (χ2n) is 3.89. The molecule has 4 heteroatoms. The fourth-order valence-electron chi connectivity index (χ4n) is 1.93. The summed E-state index contributed by atoms with van der Waals surface area (Å²) >= 11 is 0. The molecule has 4 nitrogen and oxygen atoms in total. The minimum atomic E-state index is -0.311. The predicted octanol–water partition coefficient (Wildman–Crippen LogP) is 1.61. The second kappa shape index (κ2) is 4.59. The zero-order valence-electron chi connectivity index (χ0n) is 9.95. The van der Waals surface area contributed by atoms with E-state index in [1.807, 2.05) is 19.1 Å². The Morgan fingerprint density at radius 3 is 2.82 bits per heavy atom. The van der Waals surface area contributed by atoms with Crippen molar-refractivity contribution in [3.05, 3.63) is 39.7 Å². The van der Waals surface area contributed by atoms with Crippen LogP contribution in [0.5, 0.6) is 5.75 Å². The number of nitrogens with two attached hydrogens (primary N) is 1. The largest absolute Gasteiger partial charge is 0.497 e. The third kappa shape index (κ3) is 2.03. The van der Waals surface area contributed by atoms with Crippen molar-refractivity contribution in [2.75, 3.05) is 13.7 Å². The molecular weight excluding hydrogens is 218 g/mol. The lowest BCUT2D eigenvalue weighted by Gasteiger charge is -2.07. The summed E-state index contributed by atoms with van der Waals surface area (Å²) in [4.78, 5) is 11.8. The van der Waals surface area contributed by atoms with Crippen molar-refractivity contribution in [1.29, 1.82) is 0 Å². The smallest absolute Gasteiger partial charge is 0.339 e. The van der Waals surface area contributed by atoms with Crippen molar-refractivity contribution in [3.8, 4) is 5.75 Å². The Labute approximate surface area is 99.0 Å². The zero-order valence-corrected chi connectivity index (χ0v) is 9.95. The Bertz CT molecular complexity index is 601. The first-order valence-corrected chi connectivity index (χ1v) is 5.47. The normalized spacial score (nSPS) is 10.8. The Morgan fingerprint density at radius 1 is 1.41 bits per heavy atom. The third-order valence-electron chi connectivity index (χ3n) is 2.89. The Kier molecular flexibility index (Phi) is 3.15. The molecule has 2 rings (SSSR count). The van der Waals surface area contributed by atoms with Crippen LogP contribution in [0.4, 0.5) is 0 Å². The van der Waals surface area contributed by atoms with Crippen molar-refractivity contribution in [2.45, 2.75) is 13.3 Å². The molecule has 0 spiro atoms. The van der Waals surface area contributed by atoms with Crippen LogP contribution in [0.3, 0.4) is 0 Å². The van der Waals surface area contributed by atoms with Crippen LogP contribution in [0.1, 0.15) is 11.1 Å². The molecule has 0 saturated heterocycles. The van der Waals surface area contributed by atoms with Gasteiger partial charge < -0.3 is 14.9 Å². The van der Waals surface area contributed by atoms with Gasteiger partial charge in [0.05, 0.1) is 7.11 Å². The minimum absolute atomic E-state index is 0.311. The number of ether oxygens (including phenoxy) is 1. The fraction of sp³-hybridized carbons (Fsp3) is 0.308. The first kappa shape index (κ1) is 11.7. The van der Waals surface area contributed by atoms with E-state index in [1.165, 1.54) is 0 Å². The zero-order chi connectivity index (χ0) is 12.4. The molecule has 17 heavy (non-hydrogen) atoms. The topological polar surface area (TPSA) is 65.5 Å². The van der Waals surface area contributed by atoms with Crippen LogP contribution in [-0.2, 0) is 6.42 Å². The van der Waals surface area contributed by atoms with Crippen molar-refractivity contribution in [2.24, 2.45) is 5.73 Å². The van der Waals surface area contributed by atoms with E-state index in [0.717, 1.165) is 10.9 Å². The number of aryl methyl sites for hydroxylation is 1. The summed E-state index contributed by atoms with van der Waals surface area (Å²) in [5, 5.41) is 0.925. The molecule has 0 saturated carbocycles. The maximum atomic E-state index is 11.8. The number of fused-ring (bicyclic) bond motifs is 1. The summed E-state index contributed by atoms with van der Waals surface area (Å²) in [6, 6.07) is 5.46. The van der Waals surface area contributed by atoms with Crippen LogP contribution < -0.4 is 16.1 Å². The van der Waals surface area contributed by atoms with E-state index >= 15 is 0 Å². The molecule has 1 aromatic carbocycles. The van der Waals surface area contributed by atoms with Gasteiger partial charge in [-0.1, -0.05) is 0 Å². The Morgan fingerprint density at radius 2 is 2.18 bits per heavy atom. The van der Waals surface area contributed by atoms with Gasteiger partial charge in [0.1, 0.15) is 11.3 Å². The predicted molar refractivity (Wildman–Crippen MR) is 66.5 cm³/mol. The molecule has 0 aliphatic carbocycles. The first-order valence-electron chi connectivity index (χ1n) is 5.47. The average molecular weight is 233 g/mol. The molecule has 1 heterocycles. The molecule has 0 atom stereocenters. The van der Waals surface area contributed by atoms with Crippen LogP contribution >= 0.6 is 0 Å². The molecule has 0 amide bonds. The quantitative estimate of drug-likeness (QED) is 0.818. The third-order valence-corrected chi connectivity index (χ3v) is 2.89. The summed E-state index contributed by atoms with van der Waals surface area (Å²) in [6.07, 6.45) is 0.538. The van der Waals surface area contributed by atoms with Gasteiger partial charge in [0.15, 0.2) is 0 Å². The maximum absolute atomic E-state index is 11.8. The van der Waals surface area contributed by atoms with E-state index < -0.39 is 0 Å². The van der Waals surface area contributed by atoms with E-state index in [1.54, 1.807) is 13.2 Å². The van der Waals surface area contributed by atoms with Gasteiger partial charge in [-0.3, -0.25) is 0 Å². The molecule has 90 valence electrons. The highest BCUT2D eigenvalue weighted by atomic mass is 16.5. The number of hydrogen-bond acceptors (Lipinski definition) is 4. The molecule has 0 fully saturated rings. The second-order valence-corrected chi connectivity index (χ2v) is 3.89. The molecule has 0 bridgehead atoms. The Hall–Kier alpha value is -1.81. The van der Waals surface area contributed by atoms with E-state index in [9.17, 15) is 4.79 Å². The summed E-state index contributed by atoms with van der Waals surface area (Å²) in [5.74, 6) is 0.673. The summed E-state index contributed by atoms with van der Waals surface area (Å²) in [5.41, 5.74) is 7.32. The van der Waals surface area contributed by atoms with Gasteiger partial charge in [-0.05, 0) is 37.6 Å². The van der Waals surface area contributed by atoms with Crippen molar-refractivity contribution < 1.29 is 9.15 Å². The van der Waals surface area contributed by atoms with Gasteiger partial charge >= 0.3 is 5.63 Å². The van der Waals surface area contributed by atoms with Gasteiger partial charge in [-0.25, -0.2) is 4.79 Å². The molecule has 2 N–H and O–H groups in total. The van der Waals surface area contributed by atoms with E-state index in [4.69, 9.17) is 14.9 Å². The molecular formula is C13H15NO3. The molecule has 0 radical (unpaired) electrons. The van der Waals surface area contributed by atoms with Crippen molar-refractivity contribution in [1.82, 2.24) is 0 Å². The highest BCUT2D eigenvalue weighted by Gasteiger charge is 2.10. The van der Waals surface area contributed by atoms with Crippen LogP contribution in [0.15, 0.2) is 27.4 Å². The number of methoxy groups -OCH3 is 1. The average Bonchev–Trinajstić information content (AvgIpc) is 2.33. The van der Waals surface area contributed by atoms with Crippen LogP contribution in [-0.4, -0.2) is 13.7 Å². The number of rotatable bonds is 3. The van der Waals surface area contributed by atoms with E-state index in [0.29, 0.717) is 29.9 Å². The molecule has 2 aromatic rings. The van der Waals surface area contributed by atoms with E-state index in [-0.39, 0.29) is 5.63 Å². The van der Waals surface area contributed by atoms with Gasteiger partial charge in [0.25, 0.3) is 0 Å². The number of benzene rings is 1. The van der Waals surface area contributed by atoms with Crippen LogP contribution in [0, 0.1) is 6.92 Å². The van der Waals surface area contributed by atoms with Crippen LogP contribution in [0.25, 0.3) is 11.0 Å². The van der Waals surface area contributed by atoms with Crippen molar-refractivity contribution >= 4 is 11.0 Å². The Balaban J connectivity index is 2.72. The SMILES string of the molecule is COc1ccc2c(C)c(CCN)c(=O)oc2c1. The summed E-state index contributed by atoms with van der Waals surface area (Å²) in [6.45, 7) is 2.35. The lowest BCUT2D eigenvalue weighted by atomic mass is 10.0. The lowest BCUT2D eigenvalue weighted by Crippen LogP contribution is -2.15. The van der Waals surface area contributed by atoms with Gasteiger partial charge in [-0.2, -0.15) is 0 Å². The van der Waals surface area contributed by atoms with Crippen LogP contribution in [0.2, 0.25) is 0 Å². The van der Waals surface area contributed by atoms with Gasteiger partial charge in [0, 0.05) is 17.0 Å². The van der Waals surface area contributed by atoms with Crippen molar-refractivity contribution in [3.63, 3.8) is 0 Å². The monoisotopic (exact) mass is 233 g/mol. The standard InChI is InChI=1S/C13H15NO3/c1-8-10-4-3-9(16-2)7-12(10)17-13(15)11(8)5-6-14/h3-4,7H,5-6,14H2,1-2H3. The lowest BCUT2D eigenvalue weighted by molar-refractivity contribution is 0.414. The summed E-state index contributed by atoms with van der Waals surface area (Å²) < 4.78 is 10.4. The fourth-order valence-corrected chi connectivity index (χ4v) is 1.93. The minimum Gasteiger partial charge on any atom is -0.497 e. The van der Waals surface area contributed by atoms with Gasteiger partial charge in [-0.15, -0.1) is 0 Å². The molecule has 1 aromatic heterocycles. The molecule has 0 aliphatic heterocycles. The van der Waals surface area contributed by atoms with Gasteiger partial charge in [0.2, 0.25) is 0 Å². The highest BCUT2D eigenvalue weighted by Crippen LogP contribution is 2.23. The molecule has 0 aliphatic rings. The first-order chi connectivity index (χ1) is 8.17. The van der Waals surface area contributed by atoms with E-state index in [2.05, 4.69) is 0 Å². The number of hydrogen-bond donors (Lipinski definition) is 1. The maximum Gasteiger partial charge on any atom is 0.339 e. The molecule has 0 unspecified atom stereocenters. The highest BCUT2D eigenvalue weighted by molar-refractivity contribution is 5.82. The summed E-state index contributed by atoms with van der Waals surface area (Å²) in [7, 11) is 1.58.